The van der Waals surface area contributed by atoms with Crippen LogP contribution in [0.3, 0.4) is 0 Å². The van der Waals surface area contributed by atoms with Crippen molar-refractivity contribution in [2.24, 2.45) is 59.2 Å². The van der Waals surface area contributed by atoms with E-state index in [2.05, 4.69) is 95.4 Å². The third kappa shape index (κ3) is 8.54. The SMILES string of the molecule is CC1CC=CCC1COC(C(=O)OC(C1CC=CCC1C)C1CC=CCC1C)C(=O)OC(C1CC=CCC1C)C1CC=CCC1C. The third-order valence-corrected chi connectivity index (χ3v) is 12.3. The van der Waals surface area contributed by atoms with Crippen LogP contribution in [0.15, 0.2) is 60.8 Å². The average molecular weight is 633 g/mol. The second kappa shape index (κ2) is 16.6. The summed E-state index contributed by atoms with van der Waals surface area (Å²) in [6, 6.07) is 0. The van der Waals surface area contributed by atoms with Crippen LogP contribution < -0.4 is 0 Å². The number of hydrogen-bond donors (Lipinski definition) is 0. The molecule has 0 aromatic rings. The first kappa shape index (κ1) is 34.9. The van der Waals surface area contributed by atoms with Crippen molar-refractivity contribution >= 4 is 11.9 Å². The second-order valence-corrected chi connectivity index (χ2v) is 15.5. The highest BCUT2D eigenvalue weighted by Gasteiger charge is 2.45. The number of carbonyl (C=O) groups excluding carboxylic acids is 2. The maximum absolute atomic E-state index is 14.4. The molecule has 0 spiro atoms. The molecule has 0 fully saturated rings. The molecule has 5 rings (SSSR count). The van der Waals surface area contributed by atoms with Crippen LogP contribution in [0.25, 0.3) is 0 Å². The Morgan fingerprint density at radius 2 is 0.783 bits per heavy atom. The van der Waals surface area contributed by atoms with Crippen molar-refractivity contribution in [3.05, 3.63) is 60.8 Å². The number of allylic oxidation sites excluding steroid dienone is 10. The zero-order chi connectivity index (χ0) is 32.6. The quantitative estimate of drug-likeness (QED) is 0.129. The Balaban J connectivity index is 1.41. The molecule has 0 aliphatic heterocycles. The standard InChI is InChI=1S/C41H60O5/c1-27-16-6-11-21-32(27)26-44-39(40(42)45-37(33-22-12-7-17-28(33)2)34-23-13-8-18-29(34)3)41(43)46-38(35-24-14-9-19-30(35)4)36-25-15-10-20-31(36)5/h6-15,27-39H,16-26H2,1-5H3. The maximum Gasteiger partial charge on any atom is 0.347 e. The van der Waals surface area contributed by atoms with Gasteiger partial charge in [0.15, 0.2) is 0 Å². The van der Waals surface area contributed by atoms with Crippen molar-refractivity contribution in [1.82, 2.24) is 0 Å². The van der Waals surface area contributed by atoms with Crippen LogP contribution in [0.2, 0.25) is 0 Å². The van der Waals surface area contributed by atoms with E-state index in [1.807, 2.05) is 0 Å². The average Bonchev–Trinajstić information content (AvgIpc) is 3.05. The van der Waals surface area contributed by atoms with Gasteiger partial charge in [-0.2, -0.15) is 0 Å². The van der Waals surface area contributed by atoms with Gasteiger partial charge in [-0.15, -0.1) is 0 Å². The van der Waals surface area contributed by atoms with Crippen LogP contribution in [0.4, 0.5) is 0 Å². The van der Waals surface area contributed by atoms with Crippen molar-refractivity contribution in [2.45, 2.75) is 117 Å². The lowest BCUT2D eigenvalue weighted by atomic mass is 9.70. The largest absolute Gasteiger partial charge is 0.459 e. The minimum atomic E-state index is -1.38. The molecule has 5 heteroatoms. The van der Waals surface area contributed by atoms with Crippen LogP contribution in [0.1, 0.15) is 98.8 Å². The first-order valence-electron chi connectivity index (χ1n) is 18.5. The van der Waals surface area contributed by atoms with E-state index in [0.717, 1.165) is 64.2 Å². The van der Waals surface area contributed by atoms with Gasteiger partial charge in [0.2, 0.25) is 0 Å². The number of esters is 2. The molecule has 0 bridgehead atoms. The summed E-state index contributed by atoms with van der Waals surface area (Å²) >= 11 is 0. The lowest BCUT2D eigenvalue weighted by Crippen LogP contribution is -2.48. The van der Waals surface area contributed by atoms with Crippen molar-refractivity contribution in [3.63, 3.8) is 0 Å². The Morgan fingerprint density at radius 3 is 1.11 bits per heavy atom. The first-order valence-corrected chi connectivity index (χ1v) is 18.5. The lowest BCUT2D eigenvalue weighted by molar-refractivity contribution is -0.190. The molecule has 0 aromatic heterocycles. The molecule has 5 aliphatic carbocycles. The van der Waals surface area contributed by atoms with Gasteiger partial charge in [-0.3, -0.25) is 0 Å². The fourth-order valence-electron chi connectivity index (χ4n) is 8.78. The Kier molecular flexibility index (Phi) is 12.6. The fraction of sp³-hybridized carbons (Fsp3) is 0.707. The summed E-state index contributed by atoms with van der Waals surface area (Å²) in [6.07, 6.45) is 29.7. The summed E-state index contributed by atoms with van der Waals surface area (Å²) in [5.41, 5.74) is 0. The lowest BCUT2D eigenvalue weighted by Gasteiger charge is -2.42. The molecule has 0 saturated carbocycles. The van der Waals surface area contributed by atoms with E-state index in [4.69, 9.17) is 14.2 Å². The molecule has 0 heterocycles. The van der Waals surface area contributed by atoms with Crippen molar-refractivity contribution in [1.29, 1.82) is 0 Å². The van der Waals surface area contributed by atoms with Crippen LogP contribution in [-0.4, -0.2) is 36.9 Å². The number of ether oxygens (including phenoxy) is 3. The highest BCUT2D eigenvalue weighted by molar-refractivity contribution is 5.98. The second-order valence-electron chi connectivity index (χ2n) is 15.5. The van der Waals surface area contributed by atoms with Crippen molar-refractivity contribution in [2.75, 3.05) is 6.61 Å². The highest BCUT2D eigenvalue weighted by Crippen LogP contribution is 2.41. The zero-order valence-corrected chi connectivity index (χ0v) is 29.1. The number of hydrogen-bond acceptors (Lipinski definition) is 5. The van der Waals surface area contributed by atoms with Gasteiger partial charge in [-0.05, 0) is 99.7 Å². The predicted molar refractivity (Wildman–Crippen MR) is 185 cm³/mol. The van der Waals surface area contributed by atoms with Gasteiger partial charge in [-0.1, -0.05) is 95.4 Å². The minimum Gasteiger partial charge on any atom is -0.459 e. The van der Waals surface area contributed by atoms with E-state index in [1.54, 1.807) is 0 Å². The molecule has 0 N–H and O–H groups in total. The van der Waals surface area contributed by atoms with Crippen LogP contribution in [-0.2, 0) is 23.8 Å². The van der Waals surface area contributed by atoms with Crippen LogP contribution in [0.5, 0.6) is 0 Å². The summed E-state index contributed by atoms with van der Waals surface area (Å²) in [5.74, 6) is 1.98. The van der Waals surface area contributed by atoms with E-state index < -0.39 is 18.0 Å². The van der Waals surface area contributed by atoms with Gasteiger partial charge in [0, 0.05) is 23.7 Å². The van der Waals surface area contributed by atoms with Crippen molar-refractivity contribution < 1.29 is 23.8 Å². The fourth-order valence-corrected chi connectivity index (χ4v) is 8.78. The molecule has 5 aliphatic rings. The summed E-state index contributed by atoms with van der Waals surface area (Å²) in [7, 11) is 0. The van der Waals surface area contributed by atoms with E-state index in [9.17, 15) is 9.59 Å². The first-order chi connectivity index (χ1) is 22.2. The molecule has 254 valence electrons. The van der Waals surface area contributed by atoms with Gasteiger partial charge >= 0.3 is 11.9 Å². The third-order valence-electron chi connectivity index (χ3n) is 12.3. The van der Waals surface area contributed by atoms with Crippen molar-refractivity contribution in [3.8, 4) is 0 Å². The number of carbonyl (C=O) groups is 2. The van der Waals surface area contributed by atoms with Gasteiger partial charge in [0.1, 0.15) is 12.2 Å². The van der Waals surface area contributed by atoms with Gasteiger partial charge < -0.3 is 14.2 Å². The Hall–Kier alpha value is -2.40. The molecule has 46 heavy (non-hydrogen) atoms. The van der Waals surface area contributed by atoms with Gasteiger partial charge in [0.25, 0.3) is 6.10 Å². The Morgan fingerprint density at radius 1 is 0.478 bits per heavy atom. The molecular formula is C41H60O5. The Labute approximate surface area is 279 Å². The number of rotatable bonds is 11. The van der Waals surface area contributed by atoms with Gasteiger partial charge in [-0.25, -0.2) is 9.59 Å². The molecule has 0 aromatic carbocycles. The normalized spacial score (nSPS) is 37.8. The van der Waals surface area contributed by atoms with Crippen LogP contribution in [0, 0.1) is 59.2 Å². The van der Waals surface area contributed by atoms with Crippen LogP contribution >= 0.6 is 0 Å². The molecule has 0 radical (unpaired) electrons. The molecule has 5 nitrogen and oxygen atoms in total. The minimum absolute atomic E-state index is 0.213. The molecule has 0 amide bonds. The van der Waals surface area contributed by atoms with E-state index in [1.165, 1.54) is 0 Å². The van der Waals surface area contributed by atoms with E-state index >= 15 is 0 Å². The molecular weight excluding hydrogens is 572 g/mol. The zero-order valence-electron chi connectivity index (χ0n) is 29.1. The van der Waals surface area contributed by atoms with E-state index in [-0.39, 0.29) is 41.8 Å². The molecule has 0 saturated heterocycles. The monoisotopic (exact) mass is 632 g/mol. The van der Waals surface area contributed by atoms with Gasteiger partial charge in [0.05, 0.1) is 6.61 Å². The van der Waals surface area contributed by atoms with E-state index in [0.29, 0.717) is 36.2 Å². The topological polar surface area (TPSA) is 61.8 Å². The molecule has 10 atom stereocenters. The summed E-state index contributed by atoms with van der Waals surface area (Å²) in [6.45, 7) is 11.6. The smallest absolute Gasteiger partial charge is 0.347 e. The Bertz CT molecular complexity index is 1030. The maximum atomic E-state index is 14.4. The predicted octanol–water partition coefficient (Wildman–Crippen LogP) is 9.21. The highest BCUT2D eigenvalue weighted by atomic mass is 16.6. The summed E-state index contributed by atoms with van der Waals surface area (Å²) in [4.78, 5) is 28.8. The molecule has 10 unspecified atom stereocenters. The summed E-state index contributed by atoms with van der Waals surface area (Å²) in [5, 5.41) is 0. The summed E-state index contributed by atoms with van der Waals surface area (Å²) < 4.78 is 19.5.